The summed E-state index contributed by atoms with van der Waals surface area (Å²) < 4.78 is 0. The van der Waals surface area contributed by atoms with E-state index in [2.05, 4.69) is 37.2 Å². The van der Waals surface area contributed by atoms with E-state index in [1.165, 1.54) is 17.0 Å². The number of carbonyl (C=O) groups is 11. The normalized spacial score (nSPS) is 24.3. The van der Waals surface area contributed by atoms with E-state index in [1.54, 1.807) is 26.0 Å². The standard InChI is InChI=1S/C44H68N12O12Se/c1-5-23(4)36-43(67)50-27(12-13-33(46)58)39(63)53-31(19-34(47)59)40(64)51-28(14-16-69-21-26(45)37(61)52-30(41(65)55-36)18-24-8-10-25(57)11-9-24)44(68)56-15-6-7-32(56)42(66)54-29(17-22(2)3)38(62)49-20-35(48)60/h8-11,22-23,26-32,36,57H,5-7,12-21,45H2,1-4H3,(H2,46,58)(H2,47,59)(H2,48,60)(H,49,62)(H,50,67)(H,51,64)(H,52,61)(H,53,63)(H,54,66)(H,55,65)/t23-,26-,27-,28-,29-,30-,31-,32-,36-/m0/s1. The van der Waals surface area contributed by atoms with Crippen molar-refractivity contribution in [3.8, 4) is 5.75 Å². The fourth-order valence-electron chi connectivity index (χ4n) is 7.60. The topological polar surface area (TPSA) is 400 Å². The molecule has 16 N–H and O–H groups in total. The van der Waals surface area contributed by atoms with Crippen molar-refractivity contribution >= 4 is 79.9 Å². The summed E-state index contributed by atoms with van der Waals surface area (Å²) in [4.78, 5) is 148. The van der Waals surface area contributed by atoms with Crippen LogP contribution < -0.4 is 60.2 Å². The monoisotopic (exact) mass is 1040 g/mol. The molecule has 2 heterocycles. The average Bonchev–Trinajstić information content (AvgIpc) is 3.78. The first-order valence-corrected chi connectivity index (χ1v) is 25.3. The number of amides is 11. The Balaban J connectivity index is 2.05. The molecule has 0 saturated carbocycles. The van der Waals surface area contributed by atoms with Gasteiger partial charge in [0.05, 0.1) is 0 Å². The molecule has 11 amide bonds. The van der Waals surface area contributed by atoms with Crippen molar-refractivity contribution in [3.63, 3.8) is 0 Å². The molecule has 0 aliphatic carbocycles. The number of primary amides is 3. The predicted octanol–water partition coefficient (Wildman–Crippen LogP) is -4.06. The van der Waals surface area contributed by atoms with E-state index in [4.69, 9.17) is 22.9 Å². The number of nitrogens with two attached hydrogens (primary N) is 4. The third-order valence-corrected chi connectivity index (χ3v) is 13.9. The molecule has 0 spiro atoms. The van der Waals surface area contributed by atoms with E-state index in [9.17, 15) is 57.8 Å². The predicted molar refractivity (Wildman–Crippen MR) is 249 cm³/mol. The van der Waals surface area contributed by atoms with Gasteiger partial charge in [-0.3, -0.25) is 9.59 Å². The molecule has 25 heteroatoms. The van der Waals surface area contributed by atoms with Crippen molar-refractivity contribution in [2.45, 2.75) is 144 Å². The second-order valence-electron chi connectivity index (χ2n) is 17.7. The average molecular weight is 1040 g/mol. The third kappa shape index (κ3) is 18.6. The summed E-state index contributed by atoms with van der Waals surface area (Å²) in [5, 5.41) is 28.1. The number of likely N-dealkylation sites (tertiary alicyclic amines) is 1. The van der Waals surface area contributed by atoms with Gasteiger partial charge < -0.3 is 11.5 Å². The molecular weight excluding hydrogens is 968 g/mol. The zero-order valence-corrected chi connectivity index (χ0v) is 41.1. The number of phenolic OH excluding ortho intramolecular Hbond substituents is 1. The van der Waals surface area contributed by atoms with E-state index in [0.29, 0.717) is 18.4 Å². The minimum atomic E-state index is -1.73. The number of hydrogen-bond donors (Lipinski definition) is 12. The van der Waals surface area contributed by atoms with E-state index >= 15 is 0 Å². The first-order valence-electron chi connectivity index (χ1n) is 22.9. The van der Waals surface area contributed by atoms with E-state index in [-0.39, 0.29) is 61.0 Å². The molecule has 2 aliphatic heterocycles. The number of rotatable bonds is 17. The van der Waals surface area contributed by atoms with Gasteiger partial charge >= 0.3 is 381 Å². The van der Waals surface area contributed by atoms with Gasteiger partial charge in [0.1, 0.15) is 0 Å². The van der Waals surface area contributed by atoms with Crippen LogP contribution in [0, 0.1) is 11.8 Å². The molecule has 0 bridgehead atoms. The van der Waals surface area contributed by atoms with E-state index in [1.807, 2.05) is 13.8 Å². The number of hydrogen-bond acceptors (Lipinski definition) is 13. The maximum absolute atomic E-state index is 14.5. The van der Waals surface area contributed by atoms with Gasteiger partial charge in [0.15, 0.2) is 0 Å². The number of nitrogens with zero attached hydrogens (tertiary/aromatic N) is 1. The zero-order chi connectivity index (χ0) is 51.5. The van der Waals surface area contributed by atoms with Gasteiger partial charge in [0.25, 0.3) is 0 Å². The van der Waals surface area contributed by atoms with Gasteiger partial charge in [-0.15, -0.1) is 0 Å². The Labute approximate surface area is 406 Å². The second-order valence-corrected chi connectivity index (χ2v) is 20.1. The summed E-state index contributed by atoms with van der Waals surface area (Å²) in [7, 11) is 0. The van der Waals surface area contributed by atoms with Crippen LogP contribution >= 0.6 is 0 Å². The number of aromatic hydroxyl groups is 1. The van der Waals surface area contributed by atoms with Crippen LogP contribution in [0.5, 0.6) is 5.75 Å². The molecular formula is C44H68N12O12Se. The molecule has 69 heavy (non-hydrogen) atoms. The summed E-state index contributed by atoms with van der Waals surface area (Å²) in [6.45, 7) is 6.65. The van der Waals surface area contributed by atoms with E-state index in [0.717, 1.165) is 0 Å². The van der Waals surface area contributed by atoms with Gasteiger partial charge in [-0.05, 0) is 0 Å². The Hall–Kier alpha value is -6.33. The van der Waals surface area contributed by atoms with Crippen LogP contribution in [0.1, 0.15) is 84.6 Å². The Morgan fingerprint density at radius 3 is 2.03 bits per heavy atom. The van der Waals surface area contributed by atoms with Crippen molar-refractivity contribution in [2.24, 2.45) is 34.8 Å². The molecule has 2 fully saturated rings. The van der Waals surface area contributed by atoms with E-state index < -0.39 is 154 Å². The van der Waals surface area contributed by atoms with Crippen LogP contribution in [-0.4, -0.2) is 151 Å². The third-order valence-electron chi connectivity index (χ3n) is 11.6. The van der Waals surface area contributed by atoms with Gasteiger partial charge in [-0.1, -0.05) is 0 Å². The molecule has 0 aromatic heterocycles. The molecule has 24 nitrogen and oxygen atoms in total. The quantitative estimate of drug-likeness (QED) is 0.0662. The van der Waals surface area contributed by atoms with Crippen molar-refractivity contribution in [3.05, 3.63) is 29.8 Å². The number of carbonyl (C=O) groups excluding carboxylic acids is 11. The summed E-state index contributed by atoms with van der Waals surface area (Å²) >= 11 is -0.492. The molecule has 1 aromatic rings. The molecule has 1 aromatic carbocycles. The molecule has 0 radical (unpaired) electrons. The number of nitrogens with one attached hydrogen (secondary N) is 7. The first-order chi connectivity index (χ1) is 32.5. The zero-order valence-electron chi connectivity index (χ0n) is 39.4. The van der Waals surface area contributed by atoms with Crippen LogP contribution in [0.25, 0.3) is 0 Å². The van der Waals surface area contributed by atoms with Crippen molar-refractivity contribution < 1.29 is 57.8 Å². The Kier molecular flexibility index (Phi) is 22.8. The fourth-order valence-corrected chi connectivity index (χ4v) is 9.64. The van der Waals surface area contributed by atoms with Crippen molar-refractivity contribution in [1.29, 1.82) is 0 Å². The molecule has 9 atom stereocenters. The van der Waals surface area contributed by atoms with Gasteiger partial charge in [0, 0.05) is 0 Å². The van der Waals surface area contributed by atoms with Gasteiger partial charge in [-0.25, -0.2) is 0 Å². The molecule has 0 unspecified atom stereocenters. The Bertz CT molecular complexity index is 2040. The van der Waals surface area contributed by atoms with Crippen LogP contribution in [0.2, 0.25) is 10.6 Å². The van der Waals surface area contributed by atoms with Gasteiger partial charge in [0.2, 0.25) is 5.91 Å². The summed E-state index contributed by atoms with van der Waals surface area (Å²) in [5.41, 5.74) is 23.0. The van der Waals surface area contributed by atoms with Crippen LogP contribution in [0.4, 0.5) is 0 Å². The number of phenols is 1. The minimum absolute atomic E-state index is 0.0396. The number of benzene rings is 1. The maximum atomic E-state index is 14.5. The van der Waals surface area contributed by atoms with Gasteiger partial charge in [-0.2, -0.15) is 0 Å². The molecule has 2 aliphatic rings. The molecule has 3 rings (SSSR count). The SMILES string of the molecule is CC[C@H](C)[C@@H]1NC(=O)[C@H](Cc2ccc(O)cc2)NC(=O)[C@@H](N)C[Se]CC[C@@H](C(=O)N2CCC[C@H]2C(=O)N[C@@H](CC(C)C)C(=O)NCC(N)=O)NC(=O)[C@H](CC(N)=O)NC(=O)[C@H](CCC(N)=O)NC1=O. The van der Waals surface area contributed by atoms with Crippen LogP contribution in [0.15, 0.2) is 24.3 Å². The second kappa shape index (κ2) is 27.6. The summed E-state index contributed by atoms with van der Waals surface area (Å²) in [6.07, 6.45) is -0.675. The summed E-state index contributed by atoms with van der Waals surface area (Å²) in [6, 6.07) is -4.75. The van der Waals surface area contributed by atoms with Crippen LogP contribution in [-0.2, 0) is 59.2 Å². The first kappa shape index (κ1) is 57.0. The Morgan fingerprint density at radius 1 is 0.797 bits per heavy atom. The summed E-state index contributed by atoms with van der Waals surface area (Å²) in [5.74, 6) is -9.84. The molecule has 382 valence electrons. The molecule has 2 saturated heterocycles. The fraction of sp³-hybridized carbons (Fsp3) is 0.614. The van der Waals surface area contributed by atoms with Crippen molar-refractivity contribution in [2.75, 3.05) is 13.1 Å². The van der Waals surface area contributed by atoms with Crippen molar-refractivity contribution in [1.82, 2.24) is 42.1 Å². The van der Waals surface area contributed by atoms with Crippen LogP contribution in [0.3, 0.4) is 0 Å². The Morgan fingerprint density at radius 2 is 1.42 bits per heavy atom.